The third-order valence-electron chi connectivity index (χ3n) is 4.50. The minimum atomic E-state index is -1.15. The molecule has 2 aromatic rings. The lowest BCUT2D eigenvalue weighted by atomic mass is 9.95. The quantitative estimate of drug-likeness (QED) is 0.423. The summed E-state index contributed by atoms with van der Waals surface area (Å²) < 4.78 is 57.9. The average molecular weight is 398 g/mol. The molecule has 0 unspecified atom stereocenters. The summed E-state index contributed by atoms with van der Waals surface area (Å²) in [5.41, 5.74) is -0.0382. The van der Waals surface area contributed by atoms with Gasteiger partial charge < -0.3 is 0 Å². The van der Waals surface area contributed by atoms with Crippen LogP contribution in [0.3, 0.4) is 0 Å². The molecule has 1 heterocycles. The lowest BCUT2D eigenvalue weighted by Crippen LogP contribution is -2.16. The van der Waals surface area contributed by atoms with E-state index < -0.39 is 23.3 Å². The van der Waals surface area contributed by atoms with Gasteiger partial charge in [-0.1, -0.05) is 37.3 Å². The molecule has 1 aliphatic heterocycles. The highest BCUT2D eigenvalue weighted by molar-refractivity contribution is 8.17. The van der Waals surface area contributed by atoms with Gasteiger partial charge in [0.15, 0.2) is 23.3 Å². The summed E-state index contributed by atoms with van der Waals surface area (Å²) in [4.78, 5) is 0. The van der Waals surface area contributed by atoms with Crippen molar-refractivity contribution in [1.82, 2.24) is 0 Å². The number of thioether (sulfide) groups is 2. The minimum absolute atomic E-state index is 0.131. The van der Waals surface area contributed by atoms with Gasteiger partial charge in [0.05, 0.1) is 4.58 Å². The predicted molar refractivity (Wildman–Crippen MR) is 103 cm³/mol. The van der Waals surface area contributed by atoms with Crippen LogP contribution in [0, 0.1) is 23.3 Å². The predicted octanol–water partition coefficient (Wildman–Crippen LogP) is 6.55. The van der Waals surface area contributed by atoms with Crippen molar-refractivity contribution in [3.63, 3.8) is 0 Å². The first-order valence-electron chi connectivity index (χ1n) is 8.28. The summed E-state index contributed by atoms with van der Waals surface area (Å²) in [6.45, 7) is 5.44. The fourth-order valence-corrected chi connectivity index (χ4v) is 5.71. The van der Waals surface area contributed by atoms with E-state index in [1.807, 2.05) is 6.08 Å². The molecule has 1 aliphatic rings. The van der Waals surface area contributed by atoms with Crippen LogP contribution in [0.2, 0.25) is 0 Å². The van der Waals surface area contributed by atoms with Gasteiger partial charge in [-0.05, 0) is 17.5 Å². The standard InChI is InChI=1S/C20H18F4S2/c1-3-11-5-6-14(19(23)17(11)21)15-8-7-13(18(22)20(15)24)12-9-25-16(4-2)26-10-12/h4-8,12,16H,2-3,9-10H2,1H3. The van der Waals surface area contributed by atoms with Gasteiger partial charge >= 0.3 is 0 Å². The Morgan fingerprint density at radius 3 is 2.08 bits per heavy atom. The normalized spacial score (nSPS) is 20.2. The molecule has 138 valence electrons. The Kier molecular flexibility index (Phi) is 6.03. The SMILES string of the molecule is C=CC1SCC(c2ccc(-c3ccc(CC)c(F)c3F)c(F)c2F)CS1. The lowest BCUT2D eigenvalue weighted by Gasteiger charge is -2.26. The number of benzene rings is 2. The number of halogens is 4. The molecule has 0 amide bonds. The van der Waals surface area contributed by atoms with E-state index in [1.54, 1.807) is 30.4 Å². The van der Waals surface area contributed by atoms with Gasteiger partial charge in [0.25, 0.3) is 0 Å². The Morgan fingerprint density at radius 1 is 0.923 bits per heavy atom. The maximum atomic E-state index is 14.7. The van der Waals surface area contributed by atoms with Gasteiger partial charge in [-0.3, -0.25) is 0 Å². The number of hydrogen-bond donors (Lipinski definition) is 0. The fourth-order valence-electron chi connectivity index (χ4n) is 2.99. The van der Waals surface area contributed by atoms with Crippen molar-refractivity contribution in [3.8, 4) is 11.1 Å². The molecule has 0 aliphatic carbocycles. The second-order valence-electron chi connectivity index (χ2n) is 6.05. The Hall–Kier alpha value is -1.40. The van der Waals surface area contributed by atoms with Gasteiger partial charge in [0.1, 0.15) is 0 Å². The summed E-state index contributed by atoms with van der Waals surface area (Å²) in [6.07, 6.45) is 2.16. The topological polar surface area (TPSA) is 0 Å². The molecule has 3 rings (SSSR count). The van der Waals surface area contributed by atoms with Crippen molar-refractivity contribution in [3.05, 3.63) is 71.3 Å². The molecule has 0 bridgehead atoms. The van der Waals surface area contributed by atoms with Crippen LogP contribution in [0.5, 0.6) is 0 Å². The lowest BCUT2D eigenvalue weighted by molar-refractivity contribution is 0.490. The van der Waals surface area contributed by atoms with E-state index in [9.17, 15) is 17.6 Å². The van der Waals surface area contributed by atoms with Gasteiger partial charge in [-0.15, -0.1) is 30.1 Å². The van der Waals surface area contributed by atoms with E-state index in [-0.39, 0.29) is 32.8 Å². The maximum absolute atomic E-state index is 14.7. The van der Waals surface area contributed by atoms with Crippen LogP contribution in [-0.4, -0.2) is 16.1 Å². The first-order chi connectivity index (χ1) is 12.5. The van der Waals surface area contributed by atoms with E-state index in [0.29, 0.717) is 17.9 Å². The highest BCUT2D eigenvalue weighted by Gasteiger charge is 2.27. The zero-order chi connectivity index (χ0) is 18.8. The van der Waals surface area contributed by atoms with Crippen LogP contribution in [0.25, 0.3) is 11.1 Å². The molecular weight excluding hydrogens is 380 g/mol. The summed E-state index contributed by atoms with van der Waals surface area (Å²) in [5, 5.41) is 0. The average Bonchev–Trinajstić information content (AvgIpc) is 2.67. The third kappa shape index (κ3) is 3.54. The van der Waals surface area contributed by atoms with Crippen molar-refractivity contribution in [2.75, 3.05) is 11.5 Å². The molecule has 1 saturated heterocycles. The molecule has 0 N–H and O–H groups in total. The third-order valence-corrected chi connectivity index (χ3v) is 7.55. The molecule has 0 spiro atoms. The van der Waals surface area contributed by atoms with Crippen LogP contribution in [0.15, 0.2) is 36.9 Å². The molecule has 6 heteroatoms. The zero-order valence-electron chi connectivity index (χ0n) is 14.2. The Labute approximate surface area is 159 Å². The molecule has 0 nitrogen and oxygen atoms in total. The highest BCUT2D eigenvalue weighted by atomic mass is 32.2. The van der Waals surface area contributed by atoms with Crippen molar-refractivity contribution in [1.29, 1.82) is 0 Å². The number of rotatable bonds is 4. The summed E-state index contributed by atoms with van der Waals surface area (Å²) >= 11 is 3.27. The van der Waals surface area contributed by atoms with Crippen molar-refractivity contribution in [2.45, 2.75) is 23.8 Å². The van der Waals surface area contributed by atoms with Crippen molar-refractivity contribution < 1.29 is 17.6 Å². The summed E-state index contributed by atoms with van der Waals surface area (Å²) in [6, 6.07) is 5.53. The Bertz CT molecular complexity index is 827. The molecule has 26 heavy (non-hydrogen) atoms. The van der Waals surface area contributed by atoms with E-state index in [0.717, 1.165) is 0 Å². The molecule has 0 aromatic heterocycles. The van der Waals surface area contributed by atoms with E-state index in [2.05, 4.69) is 6.58 Å². The monoisotopic (exact) mass is 398 g/mol. The van der Waals surface area contributed by atoms with Crippen LogP contribution >= 0.6 is 23.5 Å². The first kappa shape index (κ1) is 19.4. The van der Waals surface area contributed by atoms with Gasteiger partial charge in [-0.2, -0.15) is 0 Å². The summed E-state index contributed by atoms with van der Waals surface area (Å²) in [7, 11) is 0. The van der Waals surface area contributed by atoms with Crippen LogP contribution in [-0.2, 0) is 6.42 Å². The molecule has 2 aromatic carbocycles. The first-order valence-corrected chi connectivity index (χ1v) is 10.4. The Morgan fingerprint density at radius 2 is 1.50 bits per heavy atom. The maximum Gasteiger partial charge on any atom is 0.167 e. The molecular formula is C20H18F4S2. The smallest absolute Gasteiger partial charge is 0.167 e. The number of aryl methyl sites for hydroxylation is 1. The molecule has 1 fully saturated rings. The van der Waals surface area contributed by atoms with E-state index in [4.69, 9.17) is 0 Å². The van der Waals surface area contributed by atoms with E-state index in [1.165, 1.54) is 24.3 Å². The van der Waals surface area contributed by atoms with Gasteiger partial charge in [0.2, 0.25) is 0 Å². The number of hydrogen-bond acceptors (Lipinski definition) is 2. The van der Waals surface area contributed by atoms with E-state index >= 15 is 0 Å². The highest BCUT2D eigenvalue weighted by Crippen LogP contribution is 2.41. The molecule has 0 saturated carbocycles. The summed E-state index contributed by atoms with van der Waals surface area (Å²) in [5.74, 6) is -3.08. The largest absolute Gasteiger partial charge is 0.203 e. The second-order valence-corrected chi connectivity index (χ2v) is 8.70. The van der Waals surface area contributed by atoms with Crippen LogP contribution < -0.4 is 0 Å². The van der Waals surface area contributed by atoms with Crippen molar-refractivity contribution in [2.24, 2.45) is 0 Å². The van der Waals surface area contributed by atoms with Crippen LogP contribution in [0.4, 0.5) is 17.6 Å². The fraction of sp³-hybridized carbons (Fsp3) is 0.300. The minimum Gasteiger partial charge on any atom is -0.203 e. The van der Waals surface area contributed by atoms with Gasteiger partial charge in [-0.25, -0.2) is 17.6 Å². The van der Waals surface area contributed by atoms with Crippen LogP contribution in [0.1, 0.15) is 24.0 Å². The van der Waals surface area contributed by atoms with Crippen molar-refractivity contribution >= 4 is 23.5 Å². The zero-order valence-corrected chi connectivity index (χ0v) is 15.8. The van der Waals surface area contributed by atoms with Gasteiger partial charge in [0, 0.05) is 28.6 Å². The molecule has 0 radical (unpaired) electrons. The Balaban J connectivity index is 1.96. The second kappa shape index (κ2) is 8.09. The molecule has 0 atom stereocenters.